The number of hydroxylamine groups is 1. The summed E-state index contributed by atoms with van der Waals surface area (Å²) in [5, 5.41) is 11.7. The molecular weight excluding hydrogens is 385 g/mol. The molecule has 0 saturated carbocycles. The lowest BCUT2D eigenvalue weighted by molar-refractivity contribution is -0.137. The molecule has 3 aromatic rings. The maximum absolute atomic E-state index is 13.3. The van der Waals surface area contributed by atoms with Gasteiger partial charge in [-0.3, -0.25) is 10.0 Å². The predicted octanol–water partition coefficient (Wildman–Crippen LogP) is 4.02. The number of carbonyl (C=O) groups is 1. The van der Waals surface area contributed by atoms with Crippen LogP contribution in [0, 0.1) is 0 Å². The number of para-hydroxylation sites is 2. The van der Waals surface area contributed by atoms with Crippen molar-refractivity contribution in [2.45, 2.75) is 12.7 Å². The summed E-state index contributed by atoms with van der Waals surface area (Å²) in [5.41, 5.74) is 2.04. The molecule has 0 aliphatic heterocycles. The van der Waals surface area contributed by atoms with E-state index in [0.717, 1.165) is 12.1 Å². The number of benzene rings is 2. The summed E-state index contributed by atoms with van der Waals surface area (Å²) in [7, 11) is 0. The highest BCUT2D eigenvalue weighted by Crippen LogP contribution is 2.34. The van der Waals surface area contributed by atoms with Crippen LogP contribution in [0.15, 0.2) is 67.0 Å². The number of halogens is 3. The van der Waals surface area contributed by atoms with Crippen LogP contribution in [0.5, 0.6) is 0 Å². The second-order valence-electron chi connectivity index (χ2n) is 5.98. The zero-order valence-corrected chi connectivity index (χ0v) is 15.0. The van der Waals surface area contributed by atoms with E-state index in [0.29, 0.717) is 17.1 Å². The molecule has 3 rings (SSSR count). The van der Waals surface area contributed by atoms with Gasteiger partial charge >= 0.3 is 6.18 Å². The maximum atomic E-state index is 13.3. The highest BCUT2D eigenvalue weighted by atomic mass is 19.4. The van der Waals surface area contributed by atoms with Gasteiger partial charge in [0.1, 0.15) is 5.82 Å². The van der Waals surface area contributed by atoms with Crippen molar-refractivity contribution in [2.24, 2.45) is 0 Å². The van der Waals surface area contributed by atoms with E-state index in [-0.39, 0.29) is 12.2 Å². The van der Waals surface area contributed by atoms with Crippen molar-refractivity contribution in [3.63, 3.8) is 0 Å². The molecule has 29 heavy (non-hydrogen) atoms. The molecule has 150 valence electrons. The standard InChI is InChI=1S/C20H17F3N4O2/c21-20(22,23)15-6-2-4-8-17(15)27-12-11-24-18(27)13-25-16-7-3-1-5-14(16)9-10-19(28)26-29/h1-12,25,29H,13H2,(H,26,28)/b10-9+. The molecule has 0 radical (unpaired) electrons. The molecule has 0 spiro atoms. The molecule has 3 N–H and O–H groups in total. The molecule has 2 aromatic carbocycles. The Morgan fingerprint density at radius 2 is 1.86 bits per heavy atom. The fourth-order valence-electron chi connectivity index (χ4n) is 2.79. The van der Waals surface area contributed by atoms with Crippen LogP contribution in [0.1, 0.15) is 17.0 Å². The smallest absolute Gasteiger partial charge is 0.377 e. The van der Waals surface area contributed by atoms with Crippen LogP contribution in [0.4, 0.5) is 18.9 Å². The summed E-state index contributed by atoms with van der Waals surface area (Å²) in [6, 6.07) is 12.3. The van der Waals surface area contributed by atoms with Crippen molar-refractivity contribution in [1.82, 2.24) is 15.0 Å². The maximum Gasteiger partial charge on any atom is 0.418 e. The van der Waals surface area contributed by atoms with Gasteiger partial charge in [0.25, 0.3) is 5.91 Å². The molecule has 1 aromatic heterocycles. The number of nitrogens with zero attached hydrogens (tertiary/aromatic N) is 2. The third-order valence-corrected chi connectivity index (χ3v) is 4.11. The molecule has 0 unspecified atom stereocenters. The molecule has 0 atom stereocenters. The Hall–Kier alpha value is -3.59. The first-order chi connectivity index (χ1) is 13.9. The van der Waals surface area contributed by atoms with Crippen LogP contribution in [-0.2, 0) is 17.5 Å². The van der Waals surface area contributed by atoms with E-state index in [4.69, 9.17) is 5.21 Å². The minimum absolute atomic E-state index is 0.0119. The van der Waals surface area contributed by atoms with Crippen molar-refractivity contribution in [2.75, 3.05) is 5.32 Å². The van der Waals surface area contributed by atoms with Gasteiger partial charge < -0.3 is 9.88 Å². The van der Waals surface area contributed by atoms with E-state index in [2.05, 4.69) is 10.3 Å². The second kappa shape index (κ2) is 8.61. The molecule has 0 fully saturated rings. The second-order valence-corrected chi connectivity index (χ2v) is 5.98. The molecule has 0 saturated heterocycles. The number of anilines is 1. The molecule has 0 bridgehead atoms. The number of alkyl halides is 3. The van der Waals surface area contributed by atoms with E-state index in [1.807, 2.05) is 0 Å². The van der Waals surface area contributed by atoms with Gasteiger partial charge in [-0.05, 0) is 29.8 Å². The van der Waals surface area contributed by atoms with Gasteiger partial charge in [0.05, 0.1) is 17.8 Å². The van der Waals surface area contributed by atoms with E-state index >= 15 is 0 Å². The molecule has 9 heteroatoms. The van der Waals surface area contributed by atoms with Crippen molar-refractivity contribution >= 4 is 17.7 Å². The Bertz CT molecular complexity index is 1030. The predicted molar refractivity (Wildman–Crippen MR) is 101 cm³/mol. The molecule has 1 heterocycles. The normalized spacial score (nSPS) is 11.6. The Balaban J connectivity index is 1.85. The molecular formula is C20H17F3N4O2. The quantitative estimate of drug-likeness (QED) is 0.331. The first kappa shape index (κ1) is 20.2. The Labute approximate surface area is 164 Å². The van der Waals surface area contributed by atoms with E-state index in [1.165, 1.54) is 46.7 Å². The average Bonchev–Trinajstić information content (AvgIpc) is 3.19. The van der Waals surface area contributed by atoms with Gasteiger partial charge in [0, 0.05) is 24.2 Å². The van der Waals surface area contributed by atoms with Gasteiger partial charge in [-0.1, -0.05) is 30.3 Å². The largest absolute Gasteiger partial charge is 0.418 e. The highest BCUT2D eigenvalue weighted by molar-refractivity contribution is 5.91. The van der Waals surface area contributed by atoms with Crippen LogP contribution in [0.25, 0.3) is 11.8 Å². The third-order valence-electron chi connectivity index (χ3n) is 4.11. The minimum Gasteiger partial charge on any atom is -0.377 e. The topological polar surface area (TPSA) is 79.2 Å². The van der Waals surface area contributed by atoms with Crippen LogP contribution in [0.3, 0.4) is 0 Å². The summed E-state index contributed by atoms with van der Waals surface area (Å²) in [6.45, 7) is 0.149. The SMILES string of the molecule is O=C(/C=C/c1ccccc1NCc1nccn1-c1ccccc1C(F)(F)F)NO. The Morgan fingerprint density at radius 3 is 2.62 bits per heavy atom. The van der Waals surface area contributed by atoms with Gasteiger partial charge in [-0.25, -0.2) is 10.5 Å². The van der Waals surface area contributed by atoms with Crippen molar-refractivity contribution < 1.29 is 23.2 Å². The number of hydrogen-bond donors (Lipinski definition) is 3. The lowest BCUT2D eigenvalue weighted by Crippen LogP contribution is -2.15. The molecule has 0 aliphatic rings. The van der Waals surface area contributed by atoms with Crippen LogP contribution in [-0.4, -0.2) is 20.7 Å². The number of nitrogens with one attached hydrogen (secondary N) is 2. The van der Waals surface area contributed by atoms with Crippen molar-refractivity contribution in [1.29, 1.82) is 0 Å². The van der Waals surface area contributed by atoms with Crippen molar-refractivity contribution in [3.8, 4) is 5.69 Å². The van der Waals surface area contributed by atoms with E-state index in [1.54, 1.807) is 24.3 Å². The monoisotopic (exact) mass is 402 g/mol. The molecule has 0 aliphatic carbocycles. The zero-order valence-electron chi connectivity index (χ0n) is 15.0. The van der Waals surface area contributed by atoms with Crippen LogP contribution in [0.2, 0.25) is 0 Å². The summed E-state index contributed by atoms with van der Waals surface area (Å²) in [4.78, 5) is 15.3. The van der Waals surface area contributed by atoms with Gasteiger partial charge in [0.2, 0.25) is 0 Å². The number of amides is 1. The molecule has 1 amide bonds. The fourth-order valence-corrected chi connectivity index (χ4v) is 2.79. The zero-order chi connectivity index (χ0) is 20.9. The van der Waals surface area contributed by atoms with Gasteiger partial charge in [-0.2, -0.15) is 13.2 Å². The Kier molecular flexibility index (Phi) is 5.99. The number of carbonyl (C=O) groups excluding carboxylic acids is 1. The Morgan fingerprint density at radius 1 is 1.14 bits per heavy atom. The lowest BCUT2D eigenvalue weighted by Gasteiger charge is -2.16. The number of aromatic nitrogens is 2. The first-order valence-corrected chi connectivity index (χ1v) is 8.54. The highest BCUT2D eigenvalue weighted by Gasteiger charge is 2.33. The number of imidazole rings is 1. The number of rotatable bonds is 6. The third kappa shape index (κ3) is 4.82. The van der Waals surface area contributed by atoms with Gasteiger partial charge in [0.15, 0.2) is 0 Å². The minimum atomic E-state index is -4.49. The summed E-state index contributed by atoms with van der Waals surface area (Å²) < 4.78 is 41.4. The van der Waals surface area contributed by atoms with Crippen molar-refractivity contribution in [3.05, 3.63) is 84.0 Å². The van der Waals surface area contributed by atoms with E-state index < -0.39 is 17.6 Å². The number of hydrogen-bond acceptors (Lipinski definition) is 4. The average molecular weight is 402 g/mol. The fraction of sp³-hybridized carbons (Fsp3) is 0.100. The summed E-state index contributed by atoms with van der Waals surface area (Å²) in [5.74, 6) is -0.298. The van der Waals surface area contributed by atoms with Crippen LogP contribution >= 0.6 is 0 Å². The van der Waals surface area contributed by atoms with Crippen LogP contribution < -0.4 is 10.8 Å². The first-order valence-electron chi connectivity index (χ1n) is 8.54. The summed E-state index contributed by atoms with van der Waals surface area (Å²) in [6.07, 6.45) is 1.07. The van der Waals surface area contributed by atoms with E-state index in [9.17, 15) is 18.0 Å². The lowest BCUT2D eigenvalue weighted by atomic mass is 10.1. The van der Waals surface area contributed by atoms with Gasteiger partial charge in [-0.15, -0.1) is 0 Å². The molecule has 6 nitrogen and oxygen atoms in total. The summed E-state index contributed by atoms with van der Waals surface area (Å²) >= 11 is 0.